The maximum absolute atomic E-state index is 14.0. The molecule has 2 amide bonds. The molecule has 3 aromatic carbocycles. The van der Waals surface area contributed by atoms with Crippen molar-refractivity contribution in [1.29, 1.82) is 0 Å². The molecule has 0 aliphatic carbocycles. The molecule has 0 saturated carbocycles. The minimum absolute atomic E-state index is 0.0291. The van der Waals surface area contributed by atoms with Gasteiger partial charge < -0.3 is 14.8 Å². The van der Waals surface area contributed by atoms with Crippen molar-refractivity contribution in [3.8, 4) is 0 Å². The highest BCUT2D eigenvalue weighted by molar-refractivity contribution is 5.96. The zero-order chi connectivity index (χ0) is 30.9. The molecule has 1 saturated heterocycles. The van der Waals surface area contributed by atoms with Crippen LogP contribution < -0.4 is 0 Å². The van der Waals surface area contributed by atoms with Gasteiger partial charge in [0.2, 0.25) is 5.91 Å². The number of hydrogen-bond acceptors (Lipinski definition) is 2. The quantitative estimate of drug-likeness (QED) is 0.198. The number of benzene rings is 3. The molecule has 0 spiro atoms. The third-order valence-electron chi connectivity index (χ3n) is 7.33. The number of H-pyrrole nitrogens is 1. The Balaban J connectivity index is 1.47. The summed E-state index contributed by atoms with van der Waals surface area (Å²) in [7, 11) is 0. The van der Waals surface area contributed by atoms with Crippen LogP contribution in [0.15, 0.2) is 79.0 Å². The molecule has 2 heterocycles. The van der Waals surface area contributed by atoms with Crippen LogP contribution in [-0.4, -0.2) is 52.3 Å². The number of halogens is 7. The first kappa shape index (κ1) is 29.9. The highest BCUT2D eigenvalue weighted by Crippen LogP contribution is 2.37. The van der Waals surface area contributed by atoms with Gasteiger partial charge in [0.1, 0.15) is 5.82 Å². The van der Waals surface area contributed by atoms with Crippen LogP contribution in [0.5, 0.6) is 0 Å². The fourth-order valence-corrected chi connectivity index (χ4v) is 5.17. The van der Waals surface area contributed by atoms with E-state index >= 15 is 0 Å². The highest BCUT2D eigenvalue weighted by Gasteiger charge is 2.39. The number of nitrogens with one attached hydrogen (secondary N) is 1. The molecule has 5 rings (SSSR count). The largest absolute Gasteiger partial charge is 0.416 e. The van der Waals surface area contributed by atoms with E-state index in [1.807, 2.05) is 18.2 Å². The van der Waals surface area contributed by atoms with Crippen LogP contribution >= 0.6 is 0 Å². The van der Waals surface area contributed by atoms with Crippen molar-refractivity contribution in [3.63, 3.8) is 0 Å². The van der Waals surface area contributed by atoms with Gasteiger partial charge in [0.25, 0.3) is 5.91 Å². The second-order valence-electron chi connectivity index (χ2n) is 10.1. The molecule has 5 nitrogen and oxygen atoms in total. The number of carbonyl (C=O) groups excluding carboxylic acids is 2. The molecule has 1 unspecified atom stereocenters. The Kier molecular flexibility index (Phi) is 8.04. The predicted octanol–water partition coefficient (Wildman–Crippen LogP) is 6.95. The number of aromatic amines is 1. The molecule has 1 fully saturated rings. The van der Waals surface area contributed by atoms with Crippen LogP contribution in [0.25, 0.3) is 17.0 Å². The number of aromatic nitrogens is 1. The molecule has 1 aliphatic rings. The van der Waals surface area contributed by atoms with Crippen LogP contribution in [0.1, 0.15) is 32.6 Å². The van der Waals surface area contributed by atoms with Gasteiger partial charge in [-0.05, 0) is 48.4 Å². The van der Waals surface area contributed by atoms with E-state index < -0.39 is 52.7 Å². The molecule has 1 aliphatic heterocycles. The SMILES string of the molecule is O=C(/C=C/c1ccccc1F)N1CCN(C(=O)c2cc(C(F)(F)F)cc(C(F)(F)F)c2)C(Cc2c[nH]c3ccccc23)C1. The molecule has 12 heteroatoms. The fraction of sp³-hybridized carbons (Fsp3) is 0.226. The van der Waals surface area contributed by atoms with Gasteiger partial charge in [-0.3, -0.25) is 9.59 Å². The van der Waals surface area contributed by atoms with Crippen LogP contribution in [0.3, 0.4) is 0 Å². The van der Waals surface area contributed by atoms with Gasteiger partial charge in [0.15, 0.2) is 0 Å². The summed E-state index contributed by atoms with van der Waals surface area (Å²) in [5.74, 6) is -2.04. The average Bonchev–Trinajstić information content (AvgIpc) is 3.37. The van der Waals surface area contributed by atoms with Gasteiger partial charge in [0, 0.05) is 53.9 Å². The van der Waals surface area contributed by atoms with Crippen molar-refractivity contribution in [1.82, 2.24) is 14.8 Å². The Hall–Kier alpha value is -4.61. The number of fused-ring (bicyclic) bond motifs is 1. The molecule has 224 valence electrons. The summed E-state index contributed by atoms with van der Waals surface area (Å²) in [6.45, 7) is -0.249. The Labute approximate surface area is 241 Å². The third-order valence-corrected chi connectivity index (χ3v) is 7.33. The van der Waals surface area contributed by atoms with E-state index in [-0.39, 0.29) is 37.7 Å². The lowest BCUT2D eigenvalue weighted by atomic mass is 9.98. The smallest absolute Gasteiger partial charge is 0.361 e. The molecular weight excluding hydrogens is 579 g/mol. The fourth-order valence-electron chi connectivity index (χ4n) is 5.17. The van der Waals surface area contributed by atoms with E-state index in [0.29, 0.717) is 12.1 Å². The first-order chi connectivity index (χ1) is 20.3. The zero-order valence-electron chi connectivity index (χ0n) is 22.3. The minimum Gasteiger partial charge on any atom is -0.361 e. The number of nitrogens with zero attached hydrogens (tertiary/aromatic N) is 2. The van der Waals surface area contributed by atoms with E-state index in [1.54, 1.807) is 18.3 Å². The maximum atomic E-state index is 14.0. The molecule has 1 N–H and O–H groups in total. The second-order valence-corrected chi connectivity index (χ2v) is 10.1. The van der Waals surface area contributed by atoms with Crippen LogP contribution in [0.4, 0.5) is 30.7 Å². The third kappa shape index (κ3) is 6.58. The Morgan fingerprint density at radius 1 is 0.884 bits per heavy atom. The van der Waals surface area contributed by atoms with E-state index in [2.05, 4.69) is 4.98 Å². The lowest BCUT2D eigenvalue weighted by molar-refractivity contribution is -0.143. The second kappa shape index (κ2) is 11.6. The maximum Gasteiger partial charge on any atom is 0.416 e. The molecular formula is C31H24F7N3O2. The molecule has 1 atom stereocenters. The van der Waals surface area contributed by atoms with Gasteiger partial charge in [-0.25, -0.2) is 4.39 Å². The number of amides is 2. The van der Waals surface area contributed by atoms with Crippen LogP contribution in [0, 0.1) is 5.82 Å². The lowest BCUT2D eigenvalue weighted by Gasteiger charge is -2.41. The molecule has 0 radical (unpaired) electrons. The van der Waals surface area contributed by atoms with Gasteiger partial charge in [0.05, 0.1) is 17.2 Å². The monoisotopic (exact) mass is 603 g/mol. The normalized spacial score (nSPS) is 16.3. The summed E-state index contributed by atoms with van der Waals surface area (Å²) in [4.78, 5) is 32.4. The lowest BCUT2D eigenvalue weighted by Crippen LogP contribution is -2.57. The van der Waals surface area contributed by atoms with Gasteiger partial charge in [-0.15, -0.1) is 0 Å². The van der Waals surface area contributed by atoms with E-state index in [0.717, 1.165) is 16.5 Å². The van der Waals surface area contributed by atoms with Crippen molar-refractivity contribution in [3.05, 3.63) is 113 Å². The Morgan fingerprint density at radius 2 is 1.53 bits per heavy atom. The molecule has 4 aromatic rings. The van der Waals surface area contributed by atoms with E-state index in [9.17, 15) is 40.3 Å². The number of rotatable bonds is 5. The number of carbonyl (C=O) groups is 2. The number of alkyl halides is 6. The van der Waals surface area contributed by atoms with Gasteiger partial charge in [-0.1, -0.05) is 36.4 Å². The molecule has 1 aromatic heterocycles. The number of hydrogen-bond donors (Lipinski definition) is 1. The molecule has 43 heavy (non-hydrogen) atoms. The predicted molar refractivity (Wildman–Crippen MR) is 145 cm³/mol. The number of para-hydroxylation sites is 1. The van der Waals surface area contributed by atoms with Crippen molar-refractivity contribution in [2.45, 2.75) is 24.8 Å². The summed E-state index contributed by atoms with van der Waals surface area (Å²) >= 11 is 0. The zero-order valence-corrected chi connectivity index (χ0v) is 22.3. The van der Waals surface area contributed by atoms with Crippen LogP contribution in [-0.2, 0) is 23.6 Å². The highest BCUT2D eigenvalue weighted by atomic mass is 19.4. The standard InChI is InChI=1S/C31H24F7N3O2/c32-26-7-3-1-5-19(26)9-10-28(42)40-11-12-41(24(18-40)15-21-17-39-27-8-4-2-6-25(21)27)29(43)20-13-22(30(33,34)35)16-23(14-20)31(36,37)38/h1-10,13-14,16-17,24,39H,11-12,15,18H2/b10-9+. The van der Waals surface area contributed by atoms with Crippen molar-refractivity contribution in [2.24, 2.45) is 0 Å². The van der Waals surface area contributed by atoms with Crippen LogP contribution in [0.2, 0.25) is 0 Å². The minimum atomic E-state index is -5.12. The Bertz CT molecular complexity index is 1660. The first-order valence-electron chi connectivity index (χ1n) is 13.2. The van der Waals surface area contributed by atoms with Crippen molar-refractivity contribution < 1.29 is 40.3 Å². The van der Waals surface area contributed by atoms with E-state index in [1.165, 1.54) is 40.2 Å². The average molecular weight is 604 g/mol. The summed E-state index contributed by atoms with van der Waals surface area (Å²) < 4.78 is 95.1. The topological polar surface area (TPSA) is 56.4 Å². The first-order valence-corrected chi connectivity index (χ1v) is 13.2. The van der Waals surface area contributed by atoms with Crippen molar-refractivity contribution >= 4 is 28.8 Å². The van der Waals surface area contributed by atoms with E-state index in [4.69, 9.17) is 0 Å². The molecule has 0 bridgehead atoms. The summed E-state index contributed by atoms with van der Waals surface area (Å²) in [6, 6.07) is 13.1. The van der Waals surface area contributed by atoms with Crippen molar-refractivity contribution in [2.75, 3.05) is 19.6 Å². The van der Waals surface area contributed by atoms with Gasteiger partial charge in [-0.2, -0.15) is 26.3 Å². The number of piperazine rings is 1. The summed E-state index contributed by atoms with van der Waals surface area (Å²) in [6.07, 6.45) is -5.88. The summed E-state index contributed by atoms with van der Waals surface area (Å²) in [5, 5.41) is 0.816. The summed E-state index contributed by atoms with van der Waals surface area (Å²) in [5.41, 5.74) is -2.22. The van der Waals surface area contributed by atoms with Gasteiger partial charge >= 0.3 is 12.4 Å². The Morgan fingerprint density at radius 3 is 2.21 bits per heavy atom.